The number of halogens is 1. The topological polar surface area (TPSA) is 95.2 Å². The lowest BCUT2D eigenvalue weighted by Gasteiger charge is -2.08. The molecule has 1 aromatic heterocycles. The molecule has 0 saturated heterocycles. The fourth-order valence-corrected chi connectivity index (χ4v) is 4.22. The van der Waals surface area contributed by atoms with Gasteiger partial charge in [0.15, 0.2) is 5.82 Å². The van der Waals surface area contributed by atoms with E-state index in [9.17, 15) is 17.6 Å². The Morgan fingerprint density at radius 2 is 1.93 bits per heavy atom. The summed E-state index contributed by atoms with van der Waals surface area (Å²) in [5, 5.41) is 4.38. The number of methoxy groups -OCH3 is 1. The van der Waals surface area contributed by atoms with E-state index in [2.05, 4.69) is 9.82 Å². The Labute approximate surface area is 173 Å². The number of sulfonamides is 1. The summed E-state index contributed by atoms with van der Waals surface area (Å²) in [7, 11) is -2.30. The lowest BCUT2D eigenvalue weighted by atomic mass is 10.2. The molecule has 0 atom stereocenters. The predicted octanol–water partition coefficient (Wildman–Crippen LogP) is 2.17. The van der Waals surface area contributed by atoms with Crippen molar-refractivity contribution in [1.29, 1.82) is 0 Å². The molecule has 1 saturated carbocycles. The molecule has 0 unspecified atom stereocenters. The zero-order valence-electron chi connectivity index (χ0n) is 16.3. The van der Waals surface area contributed by atoms with Crippen molar-refractivity contribution in [3.05, 3.63) is 64.8 Å². The lowest BCUT2D eigenvalue weighted by Crippen LogP contribution is -2.32. The molecular weight excluding hydrogens is 411 g/mol. The van der Waals surface area contributed by atoms with E-state index in [1.807, 2.05) is 0 Å². The van der Waals surface area contributed by atoms with Crippen LogP contribution < -0.4 is 15.1 Å². The molecule has 0 radical (unpaired) electrons. The van der Waals surface area contributed by atoms with Crippen molar-refractivity contribution in [2.45, 2.75) is 30.3 Å². The van der Waals surface area contributed by atoms with Crippen molar-refractivity contribution in [2.75, 3.05) is 13.7 Å². The van der Waals surface area contributed by atoms with Gasteiger partial charge in [0, 0.05) is 24.2 Å². The van der Waals surface area contributed by atoms with Crippen molar-refractivity contribution >= 4 is 10.0 Å². The van der Waals surface area contributed by atoms with Crippen molar-refractivity contribution in [3.8, 4) is 17.1 Å². The Kier molecular flexibility index (Phi) is 5.44. The molecule has 1 N–H and O–H groups in total. The maximum atomic E-state index is 13.3. The number of nitrogens with zero attached hydrogens (tertiary/aromatic N) is 3. The first-order chi connectivity index (χ1) is 14.4. The molecule has 2 aromatic carbocycles. The van der Waals surface area contributed by atoms with Gasteiger partial charge in [0.1, 0.15) is 11.6 Å². The zero-order valence-corrected chi connectivity index (χ0v) is 17.1. The highest BCUT2D eigenvalue weighted by Gasteiger charge is 2.30. The summed E-state index contributed by atoms with van der Waals surface area (Å²) < 4.78 is 48.6. The van der Waals surface area contributed by atoms with Gasteiger partial charge < -0.3 is 4.74 Å². The molecule has 10 heteroatoms. The Hall–Kier alpha value is -2.98. The van der Waals surface area contributed by atoms with Crippen LogP contribution in [0.25, 0.3) is 11.4 Å². The summed E-state index contributed by atoms with van der Waals surface area (Å²) in [6.45, 7) is 0.0555. The highest BCUT2D eigenvalue weighted by Crippen LogP contribution is 2.36. The molecule has 1 aliphatic rings. The van der Waals surface area contributed by atoms with Crippen molar-refractivity contribution in [1.82, 2.24) is 19.1 Å². The first kappa shape index (κ1) is 20.3. The largest absolute Gasteiger partial charge is 0.497 e. The van der Waals surface area contributed by atoms with Gasteiger partial charge in [-0.25, -0.2) is 27.0 Å². The second-order valence-electron chi connectivity index (χ2n) is 7.01. The Bertz CT molecular complexity index is 1210. The molecule has 3 aromatic rings. The van der Waals surface area contributed by atoms with E-state index in [4.69, 9.17) is 4.74 Å². The number of hydrogen-bond acceptors (Lipinski definition) is 5. The standard InChI is InChI=1S/C20H21FN4O4S/c1-29-17-3-2-4-18(13-17)30(27,28)22-11-12-24-20(26)25(16-9-10-16)19(23-24)14-5-7-15(21)8-6-14/h2-8,13,16,22H,9-12H2,1H3. The first-order valence-corrected chi connectivity index (χ1v) is 11.0. The van der Waals surface area contributed by atoms with Crippen LogP contribution in [0.5, 0.6) is 5.75 Å². The molecule has 1 heterocycles. The van der Waals surface area contributed by atoms with Gasteiger partial charge in [0.2, 0.25) is 10.0 Å². The Morgan fingerprint density at radius 1 is 1.20 bits per heavy atom. The summed E-state index contributed by atoms with van der Waals surface area (Å²) in [6.07, 6.45) is 1.75. The molecule has 0 bridgehead atoms. The molecule has 0 amide bonds. The number of ether oxygens (including phenoxy) is 1. The van der Waals surface area contributed by atoms with Gasteiger partial charge in [0.25, 0.3) is 0 Å². The third kappa shape index (κ3) is 4.14. The number of hydrogen-bond donors (Lipinski definition) is 1. The number of aromatic nitrogens is 3. The van der Waals surface area contributed by atoms with E-state index in [1.54, 1.807) is 28.8 Å². The number of nitrogens with one attached hydrogen (secondary N) is 1. The smallest absolute Gasteiger partial charge is 0.346 e. The van der Waals surface area contributed by atoms with Gasteiger partial charge in [-0.05, 0) is 49.2 Å². The highest BCUT2D eigenvalue weighted by molar-refractivity contribution is 7.89. The molecule has 1 aliphatic carbocycles. The van der Waals surface area contributed by atoms with Crippen LogP contribution in [-0.2, 0) is 16.6 Å². The maximum absolute atomic E-state index is 13.3. The second-order valence-corrected chi connectivity index (χ2v) is 8.78. The minimum atomic E-state index is -3.76. The fraction of sp³-hybridized carbons (Fsp3) is 0.300. The molecule has 0 spiro atoms. The summed E-state index contributed by atoms with van der Waals surface area (Å²) in [4.78, 5) is 12.9. The highest BCUT2D eigenvalue weighted by atomic mass is 32.2. The lowest BCUT2D eigenvalue weighted by molar-refractivity contribution is 0.413. The van der Waals surface area contributed by atoms with E-state index in [0.717, 1.165) is 12.8 Å². The van der Waals surface area contributed by atoms with Crippen LogP contribution in [0.15, 0.2) is 58.2 Å². The van der Waals surface area contributed by atoms with Crippen LogP contribution in [0.2, 0.25) is 0 Å². The summed E-state index contributed by atoms with van der Waals surface area (Å²) >= 11 is 0. The van der Waals surface area contributed by atoms with Crippen LogP contribution in [0, 0.1) is 5.82 Å². The number of rotatable bonds is 8. The van der Waals surface area contributed by atoms with Crippen LogP contribution in [0.3, 0.4) is 0 Å². The van der Waals surface area contributed by atoms with E-state index in [0.29, 0.717) is 17.1 Å². The minimum absolute atomic E-state index is 0.00993. The van der Waals surface area contributed by atoms with Gasteiger partial charge >= 0.3 is 5.69 Å². The van der Waals surface area contributed by atoms with Crippen molar-refractivity contribution in [3.63, 3.8) is 0 Å². The van der Waals surface area contributed by atoms with Gasteiger partial charge in [-0.2, -0.15) is 0 Å². The molecule has 4 rings (SSSR count). The van der Waals surface area contributed by atoms with Gasteiger partial charge in [0.05, 0.1) is 18.6 Å². The van der Waals surface area contributed by atoms with Gasteiger partial charge in [-0.1, -0.05) is 6.07 Å². The molecule has 8 nitrogen and oxygen atoms in total. The SMILES string of the molecule is COc1cccc(S(=O)(=O)NCCn2nc(-c3ccc(F)cc3)n(C3CC3)c2=O)c1. The maximum Gasteiger partial charge on any atom is 0.346 e. The van der Waals surface area contributed by atoms with Crippen LogP contribution >= 0.6 is 0 Å². The van der Waals surface area contributed by atoms with Crippen LogP contribution in [-0.4, -0.2) is 36.4 Å². The summed E-state index contributed by atoms with van der Waals surface area (Å²) in [5.41, 5.74) is 0.327. The second kappa shape index (κ2) is 8.04. The van der Waals surface area contributed by atoms with E-state index in [-0.39, 0.29) is 35.5 Å². The summed E-state index contributed by atoms with van der Waals surface area (Å²) in [5.74, 6) is 0.518. The molecular formula is C20H21FN4O4S. The monoisotopic (exact) mass is 432 g/mol. The molecule has 30 heavy (non-hydrogen) atoms. The number of benzene rings is 2. The predicted molar refractivity (Wildman–Crippen MR) is 108 cm³/mol. The summed E-state index contributed by atoms with van der Waals surface area (Å²) in [6, 6.07) is 12.0. The minimum Gasteiger partial charge on any atom is -0.497 e. The van der Waals surface area contributed by atoms with E-state index < -0.39 is 10.0 Å². The van der Waals surface area contributed by atoms with Crippen LogP contribution in [0.1, 0.15) is 18.9 Å². The average molecular weight is 432 g/mol. The van der Waals surface area contributed by atoms with Gasteiger partial charge in [-0.15, -0.1) is 5.10 Å². The van der Waals surface area contributed by atoms with Crippen LogP contribution in [0.4, 0.5) is 4.39 Å². The average Bonchev–Trinajstić information content (AvgIpc) is 3.52. The fourth-order valence-electron chi connectivity index (χ4n) is 3.16. The Morgan fingerprint density at radius 3 is 2.60 bits per heavy atom. The van der Waals surface area contributed by atoms with Crippen molar-refractivity contribution < 1.29 is 17.5 Å². The third-order valence-electron chi connectivity index (χ3n) is 4.85. The van der Waals surface area contributed by atoms with Crippen molar-refractivity contribution in [2.24, 2.45) is 0 Å². The van der Waals surface area contributed by atoms with E-state index in [1.165, 1.54) is 36.1 Å². The molecule has 158 valence electrons. The third-order valence-corrected chi connectivity index (χ3v) is 6.31. The molecule has 1 fully saturated rings. The first-order valence-electron chi connectivity index (χ1n) is 9.48. The normalized spacial score (nSPS) is 14.1. The Balaban J connectivity index is 1.53. The molecule has 0 aliphatic heterocycles. The van der Waals surface area contributed by atoms with Gasteiger partial charge in [-0.3, -0.25) is 4.57 Å². The quantitative estimate of drug-likeness (QED) is 0.589. The zero-order chi connectivity index (χ0) is 21.3. The van der Waals surface area contributed by atoms with E-state index >= 15 is 0 Å².